The molecular formula is C14H18N2O3S2. The molecule has 0 radical (unpaired) electrons. The van der Waals surface area contributed by atoms with Crippen LogP contribution in [0.3, 0.4) is 0 Å². The zero-order valence-electron chi connectivity index (χ0n) is 12.0. The second-order valence-electron chi connectivity index (χ2n) is 5.43. The van der Waals surface area contributed by atoms with E-state index in [9.17, 15) is 8.42 Å². The van der Waals surface area contributed by atoms with Gasteiger partial charge in [-0.3, -0.25) is 0 Å². The Morgan fingerprint density at radius 2 is 2.14 bits per heavy atom. The van der Waals surface area contributed by atoms with Gasteiger partial charge in [0.05, 0.1) is 22.0 Å². The van der Waals surface area contributed by atoms with E-state index < -0.39 is 9.84 Å². The third-order valence-electron chi connectivity index (χ3n) is 3.95. The number of hydrogen-bond acceptors (Lipinski definition) is 4. The van der Waals surface area contributed by atoms with Gasteiger partial charge in [0.15, 0.2) is 14.6 Å². The van der Waals surface area contributed by atoms with E-state index in [1.54, 1.807) is 12.1 Å². The highest BCUT2D eigenvalue weighted by Gasteiger charge is 2.32. The van der Waals surface area contributed by atoms with E-state index in [4.69, 9.17) is 17.0 Å². The van der Waals surface area contributed by atoms with Gasteiger partial charge in [-0.1, -0.05) is 6.07 Å². The molecule has 1 aromatic carbocycles. The zero-order chi connectivity index (χ0) is 15.2. The topological polar surface area (TPSA) is 64.1 Å². The average molecular weight is 326 g/mol. The molecule has 0 aliphatic heterocycles. The van der Waals surface area contributed by atoms with Gasteiger partial charge in [-0.25, -0.2) is 8.42 Å². The molecule has 0 bridgehead atoms. The molecular weight excluding hydrogens is 308 g/mol. The number of H-pyrrole nitrogens is 1. The number of fused-ring (bicyclic) bond motifs is 1. The molecule has 1 aliphatic rings. The van der Waals surface area contributed by atoms with Crippen molar-refractivity contribution in [2.45, 2.75) is 36.8 Å². The van der Waals surface area contributed by atoms with Crippen LogP contribution in [0.25, 0.3) is 11.0 Å². The number of nitrogens with zero attached hydrogens (tertiary/aromatic N) is 1. The minimum Gasteiger partial charge on any atom is -0.378 e. The van der Waals surface area contributed by atoms with Gasteiger partial charge in [0, 0.05) is 18.9 Å². The summed E-state index contributed by atoms with van der Waals surface area (Å²) in [5.74, 6) is 0. The molecule has 0 atom stereocenters. The van der Waals surface area contributed by atoms with E-state index in [1.807, 2.05) is 17.6 Å². The predicted octanol–water partition coefficient (Wildman–Crippen LogP) is 2.84. The first-order valence-electron chi connectivity index (χ1n) is 6.96. The second kappa shape index (κ2) is 5.23. The fraction of sp³-hybridized carbons (Fsp3) is 0.500. The fourth-order valence-corrected chi connectivity index (χ4v) is 4.12. The summed E-state index contributed by atoms with van der Waals surface area (Å²) in [5, 5.41) is 0. The maximum atomic E-state index is 11.9. The monoisotopic (exact) mass is 326 g/mol. The van der Waals surface area contributed by atoms with Gasteiger partial charge >= 0.3 is 0 Å². The Hall–Kier alpha value is -1.18. The van der Waals surface area contributed by atoms with Gasteiger partial charge in [0.2, 0.25) is 0 Å². The minimum absolute atomic E-state index is 0.276. The number of rotatable bonds is 4. The Morgan fingerprint density at radius 1 is 1.43 bits per heavy atom. The van der Waals surface area contributed by atoms with Crippen molar-refractivity contribution >= 4 is 33.1 Å². The van der Waals surface area contributed by atoms with Crippen molar-refractivity contribution in [1.82, 2.24) is 9.55 Å². The Morgan fingerprint density at radius 3 is 2.76 bits per heavy atom. The molecule has 0 amide bonds. The van der Waals surface area contributed by atoms with Crippen LogP contribution in [0.1, 0.15) is 25.8 Å². The molecule has 1 N–H and O–H groups in total. The van der Waals surface area contributed by atoms with Crippen molar-refractivity contribution in [1.29, 1.82) is 0 Å². The Kier molecular flexibility index (Phi) is 3.67. The van der Waals surface area contributed by atoms with Crippen molar-refractivity contribution in [3.63, 3.8) is 0 Å². The minimum atomic E-state index is -3.28. The van der Waals surface area contributed by atoms with Crippen LogP contribution in [0.15, 0.2) is 23.1 Å². The first-order chi connectivity index (χ1) is 9.91. The molecule has 114 valence electrons. The standard InChI is InChI=1S/C14H18N2O3S2/c1-3-19-10-7-9(8-10)16-11-5-4-6-12(21(2,17)18)13(11)15-14(16)20/h4-6,9-10H,3,7-8H2,1-2H3,(H,15,20). The summed E-state index contributed by atoms with van der Waals surface area (Å²) in [5.41, 5.74) is 1.45. The van der Waals surface area contributed by atoms with Gasteiger partial charge in [-0.15, -0.1) is 0 Å². The first-order valence-corrected chi connectivity index (χ1v) is 9.26. The van der Waals surface area contributed by atoms with Crippen LogP contribution < -0.4 is 0 Å². The summed E-state index contributed by atoms with van der Waals surface area (Å²) in [6, 6.07) is 5.55. The lowest BCUT2D eigenvalue weighted by Gasteiger charge is -2.36. The van der Waals surface area contributed by atoms with Crippen molar-refractivity contribution in [3.05, 3.63) is 23.0 Å². The van der Waals surface area contributed by atoms with Gasteiger partial charge in [0.25, 0.3) is 0 Å². The normalized spacial score (nSPS) is 22.4. The molecule has 0 unspecified atom stereocenters. The van der Waals surface area contributed by atoms with E-state index in [2.05, 4.69) is 4.98 Å². The van der Waals surface area contributed by atoms with Crippen molar-refractivity contribution in [3.8, 4) is 0 Å². The lowest BCUT2D eigenvalue weighted by molar-refractivity contribution is -0.0190. The molecule has 1 aliphatic carbocycles. The highest BCUT2D eigenvalue weighted by atomic mass is 32.2. The summed E-state index contributed by atoms with van der Waals surface area (Å²) in [4.78, 5) is 3.35. The number of nitrogens with one attached hydrogen (secondary N) is 1. The summed E-state index contributed by atoms with van der Waals surface area (Å²) < 4.78 is 31.9. The molecule has 1 saturated carbocycles. The predicted molar refractivity (Wildman–Crippen MR) is 83.9 cm³/mol. The number of ether oxygens (including phenoxy) is 1. The summed E-state index contributed by atoms with van der Waals surface area (Å²) in [6.45, 7) is 2.71. The lowest BCUT2D eigenvalue weighted by atomic mass is 9.89. The Balaban J connectivity index is 2.06. The van der Waals surface area contributed by atoms with Gasteiger partial charge < -0.3 is 14.3 Å². The van der Waals surface area contributed by atoms with Crippen molar-refractivity contribution in [2.24, 2.45) is 0 Å². The third-order valence-corrected chi connectivity index (χ3v) is 5.39. The van der Waals surface area contributed by atoms with Crippen molar-refractivity contribution < 1.29 is 13.2 Å². The van der Waals surface area contributed by atoms with E-state index in [0.29, 0.717) is 15.2 Å². The molecule has 7 heteroatoms. The van der Waals surface area contributed by atoms with Crippen LogP contribution in [0.5, 0.6) is 0 Å². The number of aromatic amines is 1. The lowest BCUT2D eigenvalue weighted by Crippen LogP contribution is -2.33. The molecule has 1 heterocycles. The van der Waals surface area contributed by atoms with Crippen LogP contribution in [0.4, 0.5) is 0 Å². The van der Waals surface area contributed by atoms with Crippen LogP contribution in [0, 0.1) is 4.77 Å². The number of benzene rings is 1. The SMILES string of the molecule is CCOC1CC(n2c(=S)[nH]c3c(S(C)(=O)=O)cccc32)C1. The summed E-state index contributed by atoms with van der Waals surface area (Å²) >= 11 is 5.39. The quantitative estimate of drug-likeness (QED) is 0.878. The molecule has 0 spiro atoms. The summed E-state index contributed by atoms with van der Waals surface area (Å²) in [6.07, 6.45) is 3.32. The van der Waals surface area contributed by atoms with E-state index in [0.717, 1.165) is 25.0 Å². The maximum absolute atomic E-state index is 11.9. The average Bonchev–Trinajstić information content (AvgIpc) is 2.68. The zero-order valence-corrected chi connectivity index (χ0v) is 13.6. The molecule has 3 rings (SSSR count). The fourth-order valence-electron chi connectivity index (χ4n) is 2.91. The number of para-hydroxylation sites is 1. The smallest absolute Gasteiger partial charge is 0.178 e. The molecule has 1 fully saturated rings. The van der Waals surface area contributed by atoms with E-state index in [-0.39, 0.29) is 12.1 Å². The van der Waals surface area contributed by atoms with Gasteiger partial charge in [-0.2, -0.15) is 0 Å². The Labute approximate surface area is 128 Å². The number of sulfone groups is 1. The van der Waals surface area contributed by atoms with E-state index >= 15 is 0 Å². The van der Waals surface area contributed by atoms with Crippen LogP contribution in [-0.2, 0) is 14.6 Å². The molecule has 0 saturated heterocycles. The first kappa shape index (κ1) is 14.7. The van der Waals surface area contributed by atoms with Gasteiger partial charge in [0.1, 0.15) is 0 Å². The Bertz CT molecular complexity index is 830. The highest BCUT2D eigenvalue weighted by Crippen LogP contribution is 2.37. The molecule has 2 aromatic rings. The van der Waals surface area contributed by atoms with E-state index in [1.165, 1.54) is 6.26 Å². The number of imidazole rings is 1. The molecule has 1 aromatic heterocycles. The third kappa shape index (κ3) is 2.54. The number of aromatic nitrogens is 2. The van der Waals surface area contributed by atoms with Crippen LogP contribution in [-0.4, -0.2) is 36.9 Å². The summed E-state index contributed by atoms with van der Waals surface area (Å²) in [7, 11) is -3.28. The van der Waals surface area contributed by atoms with Gasteiger partial charge in [-0.05, 0) is 44.1 Å². The maximum Gasteiger partial charge on any atom is 0.178 e. The number of hydrogen-bond donors (Lipinski definition) is 1. The largest absolute Gasteiger partial charge is 0.378 e. The van der Waals surface area contributed by atoms with Crippen molar-refractivity contribution in [2.75, 3.05) is 12.9 Å². The van der Waals surface area contributed by atoms with Crippen LogP contribution in [0.2, 0.25) is 0 Å². The molecule has 5 nitrogen and oxygen atoms in total. The second-order valence-corrected chi connectivity index (χ2v) is 7.80. The van der Waals surface area contributed by atoms with Crippen LogP contribution >= 0.6 is 12.2 Å². The highest BCUT2D eigenvalue weighted by molar-refractivity contribution is 7.91. The molecule has 21 heavy (non-hydrogen) atoms.